The number of aryl methyl sites for hydroxylation is 1. The van der Waals surface area contributed by atoms with Crippen LogP contribution in [0.25, 0.3) is 0 Å². The first-order valence-electron chi connectivity index (χ1n) is 5.16. The molecule has 0 aromatic heterocycles. The minimum atomic E-state index is 0.396. The first-order chi connectivity index (χ1) is 8.47. The molecule has 0 saturated carbocycles. The molecule has 0 bridgehead atoms. The van der Waals surface area contributed by atoms with Crippen molar-refractivity contribution in [2.75, 3.05) is 5.73 Å². The number of anilines is 1. The molecule has 0 aliphatic carbocycles. The van der Waals surface area contributed by atoms with E-state index in [4.69, 9.17) is 45.3 Å². The summed E-state index contributed by atoms with van der Waals surface area (Å²) in [5, 5.41) is 1.45. The van der Waals surface area contributed by atoms with E-state index < -0.39 is 0 Å². The molecule has 0 radical (unpaired) electrons. The van der Waals surface area contributed by atoms with Crippen molar-refractivity contribution in [1.29, 1.82) is 0 Å². The van der Waals surface area contributed by atoms with E-state index in [2.05, 4.69) is 0 Å². The number of benzene rings is 2. The van der Waals surface area contributed by atoms with Crippen LogP contribution in [0, 0.1) is 6.92 Å². The molecule has 5 heteroatoms. The number of nitrogens with two attached hydrogens (primary N) is 1. The molecule has 0 heterocycles. The van der Waals surface area contributed by atoms with Crippen LogP contribution >= 0.6 is 34.8 Å². The average molecular weight is 303 g/mol. The quantitative estimate of drug-likeness (QED) is 0.761. The van der Waals surface area contributed by atoms with Gasteiger partial charge in [-0.3, -0.25) is 0 Å². The van der Waals surface area contributed by atoms with Gasteiger partial charge in [0.25, 0.3) is 0 Å². The molecule has 0 unspecified atom stereocenters. The minimum Gasteiger partial charge on any atom is -0.455 e. The van der Waals surface area contributed by atoms with Gasteiger partial charge < -0.3 is 10.5 Å². The number of hydrogen-bond acceptors (Lipinski definition) is 2. The van der Waals surface area contributed by atoms with E-state index in [0.717, 1.165) is 5.56 Å². The highest BCUT2D eigenvalue weighted by Gasteiger charge is 2.09. The fraction of sp³-hybridized carbons (Fsp3) is 0.0769. The van der Waals surface area contributed by atoms with E-state index in [-0.39, 0.29) is 0 Å². The number of nitrogen functional groups attached to an aromatic ring is 1. The van der Waals surface area contributed by atoms with Gasteiger partial charge in [-0.15, -0.1) is 0 Å². The van der Waals surface area contributed by atoms with Crippen molar-refractivity contribution in [3.8, 4) is 11.5 Å². The Labute approximate surface area is 120 Å². The van der Waals surface area contributed by atoms with Crippen LogP contribution < -0.4 is 10.5 Å². The molecule has 2 aromatic carbocycles. The normalized spacial score (nSPS) is 10.4. The Morgan fingerprint density at radius 2 is 1.61 bits per heavy atom. The first kappa shape index (κ1) is 13.3. The van der Waals surface area contributed by atoms with Gasteiger partial charge in [-0.05, 0) is 36.8 Å². The summed E-state index contributed by atoms with van der Waals surface area (Å²) in [7, 11) is 0. The van der Waals surface area contributed by atoms with E-state index in [0.29, 0.717) is 32.3 Å². The number of rotatable bonds is 2. The average Bonchev–Trinajstić information content (AvgIpc) is 2.29. The molecule has 0 atom stereocenters. The van der Waals surface area contributed by atoms with Gasteiger partial charge in [0.2, 0.25) is 0 Å². The molecule has 2 nitrogen and oxygen atoms in total. The van der Waals surface area contributed by atoms with Crippen LogP contribution in [0.1, 0.15) is 5.56 Å². The van der Waals surface area contributed by atoms with E-state index in [9.17, 15) is 0 Å². The zero-order valence-corrected chi connectivity index (χ0v) is 11.8. The van der Waals surface area contributed by atoms with E-state index >= 15 is 0 Å². The lowest BCUT2D eigenvalue weighted by Crippen LogP contribution is -1.94. The third kappa shape index (κ3) is 2.83. The highest BCUT2D eigenvalue weighted by atomic mass is 35.5. The Balaban J connectivity index is 2.37. The van der Waals surface area contributed by atoms with Gasteiger partial charge >= 0.3 is 0 Å². The lowest BCUT2D eigenvalue weighted by atomic mass is 10.2. The summed E-state index contributed by atoms with van der Waals surface area (Å²) in [6, 6.07) is 8.49. The maximum Gasteiger partial charge on any atom is 0.151 e. The third-order valence-corrected chi connectivity index (χ3v) is 3.37. The molecule has 2 N–H and O–H groups in total. The fourth-order valence-corrected chi connectivity index (χ4v) is 2.03. The molecule has 0 saturated heterocycles. The molecule has 2 aromatic rings. The van der Waals surface area contributed by atoms with Gasteiger partial charge in [-0.25, -0.2) is 0 Å². The Bertz CT molecular complexity index is 599. The van der Waals surface area contributed by atoms with Crippen LogP contribution in [-0.2, 0) is 0 Å². The predicted octanol–water partition coefficient (Wildman–Crippen LogP) is 5.33. The van der Waals surface area contributed by atoms with Crippen LogP contribution in [0.4, 0.5) is 5.69 Å². The topological polar surface area (TPSA) is 35.2 Å². The van der Waals surface area contributed by atoms with Gasteiger partial charge in [0.15, 0.2) is 5.75 Å². The van der Waals surface area contributed by atoms with E-state index in [1.165, 1.54) is 0 Å². The maximum absolute atomic E-state index is 5.93. The zero-order valence-electron chi connectivity index (χ0n) is 9.51. The lowest BCUT2D eigenvalue weighted by Gasteiger charge is -2.12. The Hall–Kier alpha value is -1.09. The second-order valence-corrected chi connectivity index (χ2v) is 5.07. The largest absolute Gasteiger partial charge is 0.455 e. The highest BCUT2D eigenvalue weighted by Crippen LogP contribution is 2.36. The van der Waals surface area contributed by atoms with Crippen molar-refractivity contribution in [3.63, 3.8) is 0 Å². The van der Waals surface area contributed by atoms with Gasteiger partial charge in [0.1, 0.15) is 5.75 Å². The standard InChI is InChI=1S/C13H10Cl3NO/c1-7-4-8(14)2-3-12(7)18-13-6-10(16)9(15)5-11(13)17/h2-6H,17H2,1H3. The fourth-order valence-electron chi connectivity index (χ4n) is 1.48. The molecule has 0 aliphatic heterocycles. The third-order valence-electron chi connectivity index (χ3n) is 2.41. The Morgan fingerprint density at radius 3 is 2.28 bits per heavy atom. The number of hydrogen-bond donors (Lipinski definition) is 1. The van der Waals surface area contributed by atoms with Crippen molar-refractivity contribution in [2.24, 2.45) is 0 Å². The maximum atomic E-state index is 5.93. The second-order valence-electron chi connectivity index (χ2n) is 3.82. The summed E-state index contributed by atoms with van der Waals surface area (Å²) in [4.78, 5) is 0. The molecule has 18 heavy (non-hydrogen) atoms. The first-order valence-corrected chi connectivity index (χ1v) is 6.29. The molecule has 2 rings (SSSR count). The number of halogens is 3. The summed E-state index contributed by atoms with van der Waals surface area (Å²) in [6.45, 7) is 1.90. The molecule has 0 amide bonds. The van der Waals surface area contributed by atoms with Crippen molar-refractivity contribution in [2.45, 2.75) is 6.92 Å². The van der Waals surface area contributed by atoms with Gasteiger partial charge in [0.05, 0.1) is 15.7 Å². The molecule has 0 fully saturated rings. The highest BCUT2D eigenvalue weighted by molar-refractivity contribution is 6.42. The van der Waals surface area contributed by atoms with Crippen molar-refractivity contribution >= 4 is 40.5 Å². The smallest absolute Gasteiger partial charge is 0.151 e. The number of ether oxygens (including phenoxy) is 1. The lowest BCUT2D eigenvalue weighted by molar-refractivity contribution is 0.481. The molecule has 0 aliphatic rings. The summed E-state index contributed by atoms with van der Waals surface area (Å²) < 4.78 is 5.70. The molecular weight excluding hydrogens is 293 g/mol. The van der Waals surface area contributed by atoms with Crippen LogP contribution in [-0.4, -0.2) is 0 Å². The SMILES string of the molecule is Cc1cc(Cl)ccc1Oc1cc(Cl)c(Cl)cc1N. The minimum absolute atomic E-state index is 0.396. The van der Waals surface area contributed by atoms with Crippen LogP contribution in [0.15, 0.2) is 30.3 Å². The Morgan fingerprint density at radius 1 is 0.944 bits per heavy atom. The van der Waals surface area contributed by atoms with Gasteiger partial charge in [-0.1, -0.05) is 34.8 Å². The molecular formula is C13H10Cl3NO. The predicted molar refractivity (Wildman–Crippen MR) is 77.1 cm³/mol. The van der Waals surface area contributed by atoms with Crippen molar-refractivity contribution in [1.82, 2.24) is 0 Å². The van der Waals surface area contributed by atoms with E-state index in [1.54, 1.807) is 24.3 Å². The molecule has 94 valence electrons. The second kappa shape index (κ2) is 5.27. The Kier molecular flexibility index (Phi) is 3.91. The van der Waals surface area contributed by atoms with Gasteiger partial charge in [0, 0.05) is 11.1 Å². The van der Waals surface area contributed by atoms with Crippen LogP contribution in [0.3, 0.4) is 0 Å². The molecule has 0 spiro atoms. The summed E-state index contributed by atoms with van der Waals surface area (Å²) in [5.74, 6) is 1.14. The summed E-state index contributed by atoms with van der Waals surface area (Å²) >= 11 is 17.7. The monoisotopic (exact) mass is 301 g/mol. The van der Waals surface area contributed by atoms with E-state index in [1.807, 2.05) is 13.0 Å². The zero-order chi connectivity index (χ0) is 13.3. The summed E-state index contributed by atoms with van der Waals surface area (Å²) in [6.07, 6.45) is 0. The van der Waals surface area contributed by atoms with Crippen molar-refractivity contribution < 1.29 is 4.74 Å². The summed E-state index contributed by atoms with van der Waals surface area (Å²) in [5.41, 5.74) is 7.16. The van der Waals surface area contributed by atoms with Crippen molar-refractivity contribution in [3.05, 3.63) is 51.0 Å². The van der Waals surface area contributed by atoms with Crippen LogP contribution in [0.5, 0.6) is 11.5 Å². The van der Waals surface area contributed by atoms with Gasteiger partial charge in [-0.2, -0.15) is 0 Å². The van der Waals surface area contributed by atoms with Crippen LogP contribution in [0.2, 0.25) is 15.1 Å².